The number of carbonyl (C=O) groups excluding carboxylic acids is 2. The monoisotopic (exact) mass is 409 g/mol. The molecule has 1 aromatic heterocycles. The Bertz CT molecular complexity index is 994. The molecule has 2 aromatic carbocycles. The van der Waals surface area contributed by atoms with E-state index in [-0.39, 0.29) is 12.5 Å². The molecule has 3 rings (SSSR count). The van der Waals surface area contributed by atoms with Gasteiger partial charge >= 0.3 is 5.97 Å². The maximum Gasteiger partial charge on any atom is 0.341 e. The topological polar surface area (TPSA) is 64.6 Å². The Morgan fingerprint density at radius 2 is 1.69 bits per heavy atom. The number of benzene rings is 2. The van der Waals surface area contributed by atoms with Crippen LogP contribution in [-0.2, 0) is 11.3 Å². The van der Waals surface area contributed by atoms with E-state index in [4.69, 9.17) is 9.47 Å². The van der Waals surface area contributed by atoms with Crippen LogP contribution in [0.2, 0.25) is 0 Å². The standard InChI is InChI=1S/C23H23NO4S/c1-4-27-23(26)20-15(2)16(3)29-22(20)24-21(25)18-10-12-19(13-11-18)28-14-17-8-6-5-7-9-17/h5-13H,4,14H2,1-3H3,(H,24,25). The molecule has 0 saturated carbocycles. The molecule has 0 aliphatic carbocycles. The summed E-state index contributed by atoms with van der Waals surface area (Å²) in [6, 6.07) is 16.8. The van der Waals surface area contributed by atoms with Crippen LogP contribution in [0.5, 0.6) is 5.75 Å². The van der Waals surface area contributed by atoms with Gasteiger partial charge < -0.3 is 14.8 Å². The molecule has 3 aromatic rings. The summed E-state index contributed by atoms with van der Waals surface area (Å²) in [7, 11) is 0. The second-order valence-electron chi connectivity index (χ2n) is 6.46. The van der Waals surface area contributed by atoms with Crippen molar-refractivity contribution in [2.45, 2.75) is 27.4 Å². The summed E-state index contributed by atoms with van der Waals surface area (Å²) in [5.74, 6) is -0.0267. The van der Waals surface area contributed by atoms with Gasteiger partial charge in [0.2, 0.25) is 0 Å². The maximum absolute atomic E-state index is 12.7. The second-order valence-corrected chi connectivity index (χ2v) is 7.69. The first-order valence-electron chi connectivity index (χ1n) is 9.34. The summed E-state index contributed by atoms with van der Waals surface area (Å²) in [6.07, 6.45) is 0. The molecule has 0 unspecified atom stereocenters. The van der Waals surface area contributed by atoms with E-state index >= 15 is 0 Å². The predicted molar refractivity (Wildman–Crippen MR) is 115 cm³/mol. The fourth-order valence-corrected chi connectivity index (χ4v) is 3.83. The lowest BCUT2D eigenvalue weighted by Crippen LogP contribution is -2.14. The van der Waals surface area contributed by atoms with Gasteiger partial charge in [0, 0.05) is 10.4 Å². The van der Waals surface area contributed by atoms with Crippen LogP contribution in [0.25, 0.3) is 0 Å². The summed E-state index contributed by atoms with van der Waals surface area (Å²) >= 11 is 1.37. The number of amides is 1. The fraction of sp³-hybridized carbons (Fsp3) is 0.217. The molecule has 0 saturated heterocycles. The summed E-state index contributed by atoms with van der Waals surface area (Å²) in [5.41, 5.74) is 2.80. The van der Waals surface area contributed by atoms with Crippen LogP contribution in [0.3, 0.4) is 0 Å². The molecule has 0 fully saturated rings. The molecule has 0 atom stereocenters. The minimum absolute atomic E-state index is 0.283. The molecular formula is C23H23NO4S. The molecule has 1 heterocycles. The van der Waals surface area contributed by atoms with Crippen LogP contribution in [0.15, 0.2) is 54.6 Å². The van der Waals surface area contributed by atoms with E-state index in [1.807, 2.05) is 44.2 Å². The van der Waals surface area contributed by atoms with Crippen molar-refractivity contribution in [1.29, 1.82) is 0 Å². The van der Waals surface area contributed by atoms with Gasteiger partial charge in [0.25, 0.3) is 5.91 Å². The molecule has 29 heavy (non-hydrogen) atoms. The minimum Gasteiger partial charge on any atom is -0.489 e. The Hall–Kier alpha value is -3.12. The van der Waals surface area contributed by atoms with Crippen molar-refractivity contribution in [3.8, 4) is 5.75 Å². The number of esters is 1. The van der Waals surface area contributed by atoms with Gasteiger partial charge in [-0.05, 0) is 56.2 Å². The Labute approximate surface area is 174 Å². The number of ether oxygens (including phenoxy) is 2. The molecular weight excluding hydrogens is 386 g/mol. The number of hydrogen-bond acceptors (Lipinski definition) is 5. The van der Waals surface area contributed by atoms with Gasteiger partial charge in [-0.2, -0.15) is 0 Å². The molecule has 0 spiro atoms. The largest absolute Gasteiger partial charge is 0.489 e. The van der Waals surface area contributed by atoms with Crippen molar-refractivity contribution in [3.63, 3.8) is 0 Å². The van der Waals surface area contributed by atoms with Crippen LogP contribution in [0.1, 0.15) is 43.6 Å². The Morgan fingerprint density at radius 3 is 2.34 bits per heavy atom. The zero-order chi connectivity index (χ0) is 20.8. The molecule has 150 valence electrons. The normalized spacial score (nSPS) is 10.4. The lowest BCUT2D eigenvalue weighted by atomic mass is 10.1. The van der Waals surface area contributed by atoms with Gasteiger partial charge in [-0.15, -0.1) is 11.3 Å². The molecule has 0 bridgehead atoms. The fourth-order valence-electron chi connectivity index (χ4n) is 2.78. The summed E-state index contributed by atoms with van der Waals surface area (Å²) in [6.45, 7) is 6.27. The van der Waals surface area contributed by atoms with E-state index in [2.05, 4.69) is 5.32 Å². The van der Waals surface area contributed by atoms with Crippen molar-refractivity contribution in [2.75, 3.05) is 11.9 Å². The third-order valence-electron chi connectivity index (χ3n) is 4.46. The van der Waals surface area contributed by atoms with Crippen LogP contribution in [0.4, 0.5) is 5.00 Å². The molecule has 0 radical (unpaired) electrons. The van der Waals surface area contributed by atoms with Crippen molar-refractivity contribution in [2.24, 2.45) is 0 Å². The second kappa shape index (κ2) is 9.39. The van der Waals surface area contributed by atoms with Gasteiger partial charge in [0.05, 0.1) is 12.2 Å². The highest BCUT2D eigenvalue weighted by molar-refractivity contribution is 7.16. The van der Waals surface area contributed by atoms with Gasteiger partial charge in [0.1, 0.15) is 17.4 Å². The van der Waals surface area contributed by atoms with Crippen LogP contribution >= 0.6 is 11.3 Å². The first-order chi connectivity index (χ1) is 14.0. The number of hydrogen-bond donors (Lipinski definition) is 1. The SMILES string of the molecule is CCOC(=O)c1c(NC(=O)c2ccc(OCc3ccccc3)cc2)sc(C)c1C. The van der Waals surface area contributed by atoms with E-state index < -0.39 is 5.97 Å². The highest BCUT2D eigenvalue weighted by Crippen LogP contribution is 2.33. The van der Waals surface area contributed by atoms with Crippen LogP contribution in [0, 0.1) is 13.8 Å². The maximum atomic E-state index is 12.7. The number of thiophene rings is 1. The molecule has 6 heteroatoms. The Balaban J connectivity index is 1.68. The van der Waals surface area contributed by atoms with E-state index in [1.165, 1.54) is 11.3 Å². The molecule has 0 aliphatic heterocycles. The third-order valence-corrected chi connectivity index (χ3v) is 5.58. The van der Waals surface area contributed by atoms with Gasteiger partial charge in [-0.3, -0.25) is 4.79 Å². The molecule has 5 nitrogen and oxygen atoms in total. The summed E-state index contributed by atoms with van der Waals surface area (Å²) in [4.78, 5) is 25.9. The first-order valence-corrected chi connectivity index (χ1v) is 10.2. The smallest absolute Gasteiger partial charge is 0.341 e. The van der Waals surface area contributed by atoms with Crippen LogP contribution in [-0.4, -0.2) is 18.5 Å². The average Bonchev–Trinajstić information content (AvgIpc) is 3.01. The zero-order valence-corrected chi connectivity index (χ0v) is 17.5. The van der Waals surface area contributed by atoms with Crippen molar-refractivity contribution in [3.05, 3.63) is 81.7 Å². The summed E-state index contributed by atoms with van der Waals surface area (Å²) < 4.78 is 10.9. The summed E-state index contributed by atoms with van der Waals surface area (Å²) in [5, 5.41) is 3.35. The average molecular weight is 410 g/mol. The zero-order valence-electron chi connectivity index (χ0n) is 16.7. The quantitative estimate of drug-likeness (QED) is 0.533. The van der Waals surface area contributed by atoms with Crippen LogP contribution < -0.4 is 10.1 Å². The molecule has 1 N–H and O–H groups in total. The van der Waals surface area contributed by atoms with E-state index in [9.17, 15) is 9.59 Å². The number of anilines is 1. The molecule has 1 amide bonds. The highest BCUT2D eigenvalue weighted by atomic mass is 32.1. The van der Waals surface area contributed by atoms with Crippen molar-refractivity contribution in [1.82, 2.24) is 0 Å². The van der Waals surface area contributed by atoms with Crippen molar-refractivity contribution < 1.29 is 19.1 Å². The number of carbonyl (C=O) groups is 2. The molecule has 0 aliphatic rings. The first kappa shape index (κ1) is 20.6. The lowest BCUT2D eigenvalue weighted by Gasteiger charge is -2.09. The highest BCUT2D eigenvalue weighted by Gasteiger charge is 2.22. The van der Waals surface area contributed by atoms with E-state index in [0.29, 0.717) is 28.5 Å². The van der Waals surface area contributed by atoms with Crippen molar-refractivity contribution >= 4 is 28.2 Å². The predicted octanol–water partition coefficient (Wildman–Crippen LogP) is 5.37. The Kier molecular flexibility index (Phi) is 6.67. The third kappa shape index (κ3) is 5.03. The Morgan fingerprint density at radius 1 is 1.00 bits per heavy atom. The van der Waals surface area contributed by atoms with E-state index in [1.54, 1.807) is 31.2 Å². The van der Waals surface area contributed by atoms with Gasteiger partial charge in [0.15, 0.2) is 0 Å². The lowest BCUT2D eigenvalue weighted by molar-refractivity contribution is 0.0527. The minimum atomic E-state index is -0.422. The van der Waals surface area contributed by atoms with E-state index in [0.717, 1.165) is 16.0 Å². The van der Waals surface area contributed by atoms with Gasteiger partial charge in [-0.1, -0.05) is 30.3 Å². The number of nitrogens with one attached hydrogen (secondary N) is 1. The number of aryl methyl sites for hydroxylation is 1. The van der Waals surface area contributed by atoms with Gasteiger partial charge in [-0.25, -0.2) is 4.79 Å². The number of rotatable bonds is 7.